The third kappa shape index (κ3) is 6.95. The number of nitrogens with zero attached hydrogens (tertiary/aromatic N) is 1. The summed E-state index contributed by atoms with van der Waals surface area (Å²) in [5.74, 6) is -4.77. The number of carbonyl (C=O) groups excluding carboxylic acids is 2. The number of benzene rings is 5. The van der Waals surface area contributed by atoms with Gasteiger partial charge >= 0.3 is 12.3 Å². The smallest absolute Gasteiger partial charge is 0.340 e. The first-order chi connectivity index (χ1) is 24.9. The number of aryl methyl sites for hydroxylation is 3. The molecule has 8 heteroatoms. The Bertz CT molecular complexity index is 2280. The summed E-state index contributed by atoms with van der Waals surface area (Å²) in [4.78, 5) is 28.6. The summed E-state index contributed by atoms with van der Waals surface area (Å²) >= 11 is 0. The monoisotopic (exact) mass is 709 g/mol. The van der Waals surface area contributed by atoms with E-state index in [0.717, 1.165) is 81.5 Å². The second-order valence-electron chi connectivity index (χ2n) is 13.9. The summed E-state index contributed by atoms with van der Waals surface area (Å²) in [7, 11) is 0. The van der Waals surface area contributed by atoms with Crippen LogP contribution < -0.4 is 4.74 Å². The van der Waals surface area contributed by atoms with Crippen molar-refractivity contribution < 1.29 is 31.9 Å². The van der Waals surface area contributed by atoms with Crippen molar-refractivity contribution in [3.8, 4) is 5.75 Å². The highest BCUT2D eigenvalue weighted by molar-refractivity contribution is 6.27. The Kier molecular flexibility index (Phi) is 10.6. The fourth-order valence-corrected chi connectivity index (χ4v) is 7.50. The number of carbonyl (C=O) groups is 2. The van der Waals surface area contributed by atoms with E-state index in [1.807, 2.05) is 69.3 Å². The zero-order chi connectivity index (χ0) is 37.3. The molecule has 4 nitrogen and oxygen atoms in total. The molecule has 1 aromatic heterocycles. The number of rotatable bonds is 14. The van der Waals surface area contributed by atoms with Crippen molar-refractivity contribution >= 4 is 44.1 Å². The fourth-order valence-electron chi connectivity index (χ4n) is 7.50. The van der Waals surface area contributed by atoms with E-state index in [0.29, 0.717) is 17.0 Å². The number of ether oxygens (including phenoxy) is 1. The standard InChI is InChI=1S/C44H43F4NO3/c1-6-8-13-29(7-2)24-49-37-19-18-30(41(50)33-16-11-12-17-38(33)52-25-44(47,48)43(45)46)22-34(37)35-23-36(31-14-9-10-15-32(31)40(35)49)42(51)39-27(4)20-26(3)21-28(39)5/h9-12,14-23,29,43H,6-8,13,24-25H2,1-5H3. The highest BCUT2D eigenvalue weighted by atomic mass is 19.3. The molecule has 0 aliphatic carbocycles. The number of ketones is 2. The van der Waals surface area contributed by atoms with Gasteiger partial charge in [0.15, 0.2) is 18.2 Å². The van der Waals surface area contributed by atoms with Gasteiger partial charge in [-0.1, -0.05) is 87.2 Å². The highest BCUT2D eigenvalue weighted by Crippen LogP contribution is 2.39. The Morgan fingerprint density at radius 3 is 2.12 bits per heavy atom. The third-order valence-corrected chi connectivity index (χ3v) is 10.1. The van der Waals surface area contributed by atoms with Crippen LogP contribution in [0.4, 0.5) is 17.6 Å². The van der Waals surface area contributed by atoms with Crippen LogP contribution in [0, 0.1) is 26.7 Å². The number of para-hydroxylation sites is 1. The highest BCUT2D eigenvalue weighted by Gasteiger charge is 2.42. The van der Waals surface area contributed by atoms with Gasteiger partial charge in [0.25, 0.3) is 0 Å². The first kappa shape index (κ1) is 36.8. The van der Waals surface area contributed by atoms with Crippen molar-refractivity contribution in [3.63, 3.8) is 0 Å². The lowest BCUT2D eigenvalue weighted by Crippen LogP contribution is -2.34. The van der Waals surface area contributed by atoms with Crippen molar-refractivity contribution in [2.75, 3.05) is 6.61 Å². The van der Waals surface area contributed by atoms with E-state index in [2.05, 4.69) is 18.4 Å². The van der Waals surface area contributed by atoms with Crippen molar-refractivity contribution in [2.24, 2.45) is 5.92 Å². The molecular weight excluding hydrogens is 666 g/mol. The lowest BCUT2D eigenvalue weighted by atomic mass is 9.89. The predicted molar refractivity (Wildman–Crippen MR) is 201 cm³/mol. The number of unbranched alkanes of at least 4 members (excludes halogenated alkanes) is 1. The lowest BCUT2D eigenvalue weighted by molar-refractivity contribution is -0.148. The van der Waals surface area contributed by atoms with Crippen LogP contribution in [0.5, 0.6) is 5.75 Å². The summed E-state index contributed by atoms with van der Waals surface area (Å²) in [6.45, 7) is 9.47. The molecule has 0 aliphatic rings. The molecule has 0 spiro atoms. The van der Waals surface area contributed by atoms with E-state index in [9.17, 15) is 27.2 Å². The van der Waals surface area contributed by atoms with Crippen LogP contribution in [0.2, 0.25) is 0 Å². The molecule has 5 aromatic carbocycles. The number of fused-ring (bicyclic) bond motifs is 5. The minimum absolute atomic E-state index is 0.0205. The van der Waals surface area contributed by atoms with Crippen LogP contribution in [0.15, 0.2) is 84.9 Å². The second kappa shape index (κ2) is 14.9. The first-order valence-corrected chi connectivity index (χ1v) is 17.9. The fraction of sp³-hybridized carbons (Fsp3) is 0.318. The quantitative estimate of drug-likeness (QED) is 0.0836. The average molecular weight is 710 g/mol. The largest absolute Gasteiger partial charge is 0.486 e. The van der Waals surface area contributed by atoms with Crippen LogP contribution in [-0.2, 0) is 6.54 Å². The summed E-state index contributed by atoms with van der Waals surface area (Å²) in [5.41, 5.74) is 6.22. The molecule has 1 atom stereocenters. The van der Waals surface area contributed by atoms with E-state index >= 15 is 0 Å². The number of hydrogen-bond donors (Lipinski definition) is 0. The van der Waals surface area contributed by atoms with Crippen molar-refractivity contribution in [3.05, 3.63) is 124 Å². The van der Waals surface area contributed by atoms with Crippen LogP contribution >= 0.6 is 0 Å². The Morgan fingerprint density at radius 2 is 1.44 bits per heavy atom. The van der Waals surface area contributed by atoms with Gasteiger partial charge in [-0.15, -0.1) is 0 Å². The number of halogens is 4. The lowest BCUT2D eigenvalue weighted by Gasteiger charge is -2.19. The maximum Gasteiger partial charge on any atom is 0.340 e. The summed E-state index contributed by atoms with van der Waals surface area (Å²) < 4.78 is 60.8. The molecule has 6 aromatic rings. The van der Waals surface area contributed by atoms with E-state index in [4.69, 9.17) is 4.74 Å². The van der Waals surface area contributed by atoms with Gasteiger partial charge in [0.1, 0.15) is 5.75 Å². The number of aromatic nitrogens is 1. The number of hydrogen-bond acceptors (Lipinski definition) is 3. The molecule has 0 saturated heterocycles. The van der Waals surface area contributed by atoms with Gasteiger partial charge < -0.3 is 9.30 Å². The van der Waals surface area contributed by atoms with Gasteiger partial charge in [0, 0.05) is 44.9 Å². The molecule has 0 N–H and O–H groups in total. The molecule has 270 valence electrons. The molecule has 1 heterocycles. The van der Waals surface area contributed by atoms with Gasteiger partial charge in [-0.2, -0.15) is 8.78 Å². The predicted octanol–water partition coefficient (Wildman–Crippen LogP) is 11.8. The molecule has 6 rings (SSSR count). The van der Waals surface area contributed by atoms with Gasteiger partial charge in [-0.05, 0) is 86.0 Å². The van der Waals surface area contributed by atoms with Crippen LogP contribution in [0.1, 0.15) is 88.1 Å². The van der Waals surface area contributed by atoms with E-state index in [1.165, 1.54) is 18.2 Å². The summed E-state index contributed by atoms with van der Waals surface area (Å²) in [5, 5.41) is 3.36. The second-order valence-corrected chi connectivity index (χ2v) is 13.9. The summed E-state index contributed by atoms with van der Waals surface area (Å²) in [6, 6.07) is 25.1. The van der Waals surface area contributed by atoms with E-state index in [-0.39, 0.29) is 22.7 Å². The molecule has 52 heavy (non-hydrogen) atoms. The molecule has 0 bridgehead atoms. The van der Waals surface area contributed by atoms with E-state index < -0.39 is 24.7 Å². The first-order valence-electron chi connectivity index (χ1n) is 17.9. The Balaban J connectivity index is 1.57. The normalized spacial score (nSPS) is 12.7. The minimum Gasteiger partial charge on any atom is -0.486 e. The zero-order valence-corrected chi connectivity index (χ0v) is 30.2. The molecule has 0 saturated carbocycles. The van der Waals surface area contributed by atoms with Gasteiger partial charge in [0.2, 0.25) is 0 Å². The van der Waals surface area contributed by atoms with Crippen LogP contribution in [0.25, 0.3) is 32.6 Å². The minimum atomic E-state index is -4.38. The Hall–Kier alpha value is -4.98. The zero-order valence-electron chi connectivity index (χ0n) is 30.2. The van der Waals surface area contributed by atoms with Gasteiger partial charge in [-0.3, -0.25) is 9.59 Å². The average Bonchev–Trinajstić information content (AvgIpc) is 3.43. The molecule has 0 radical (unpaired) electrons. The van der Waals surface area contributed by atoms with Gasteiger partial charge in [-0.25, -0.2) is 8.78 Å². The molecule has 1 unspecified atom stereocenters. The van der Waals surface area contributed by atoms with Crippen LogP contribution in [0.3, 0.4) is 0 Å². The topological polar surface area (TPSA) is 48.3 Å². The number of alkyl halides is 4. The molecule has 0 amide bonds. The molecular formula is C44H43F4NO3. The Labute approximate surface area is 301 Å². The SMILES string of the molecule is CCCCC(CC)Cn1c2ccc(C(=O)c3ccccc3OCC(F)(F)C(F)F)cc2c2cc(C(=O)c3c(C)cc(C)cc3C)c3ccccc3c21. The third-order valence-electron chi connectivity index (χ3n) is 10.1. The molecule has 0 fully saturated rings. The van der Waals surface area contributed by atoms with Crippen molar-refractivity contribution in [1.82, 2.24) is 4.57 Å². The van der Waals surface area contributed by atoms with Crippen molar-refractivity contribution in [1.29, 1.82) is 0 Å². The van der Waals surface area contributed by atoms with Crippen molar-refractivity contribution in [2.45, 2.75) is 79.2 Å². The maximum atomic E-state index is 14.5. The van der Waals surface area contributed by atoms with Crippen LogP contribution in [-0.4, -0.2) is 35.1 Å². The molecule has 0 aliphatic heterocycles. The van der Waals surface area contributed by atoms with Gasteiger partial charge in [0.05, 0.1) is 11.1 Å². The Morgan fingerprint density at radius 1 is 0.769 bits per heavy atom. The summed E-state index contributed by atoms with van der Waals surface area (Å²) in [6.07, 6.45) is 0.336. The maximum absolute atomic E-state index is 14.5. The van der Waals surface area contributed by atoms with E-state index in [1.54, 1.807) is 18.2 Å².